The van der Waals surface area contributed by atoms with Gasteiger partial charge in [-0.1, -0.05) is 30.8 Å². The minimum atomic E-state index is -4.06. The molecule has 2 aromatic rings. The van der Waals surface area contributed by atoms with E-state index in [2.05, 4.69) is 27.6 Å². The summed E-state index contributed by atoms with van der Waals surface area (Å²) < 4.78 is 47.8. The summed E-state index contributed by atoms with van der Waals surface area (Å²) in [5.74, 6) is -1.60. The number of urea groups is 1. The molecular formula is C24H28FN5O5S. The molecule has 10 nitrogen and oxygen atoms in total. The average molecular weight is 518 g/mol. The van der Waals surface area contributed by atoms with E-state index in [0.717, 1.165) is 30.8 Å². The molecular weight excluding hydrogens is 489 g/mol. The van der Waals surface area contributed by atoms with Gasteiger partial charge >= 0.3 is 16.2 Å². The molecule has 0 unspecified atom stereocenters. The molecule has 5 rings (SSSR count). The van der Waals surface area contributed by atoms with Crippen molar-refractivity contribution < 1.29 is 27.4 Å². The van der Waals surface area contributed by atoms with Crippen LogP contribution in [0.25, 0.3) is 0 Å². The highest BCUT2D eigenvalue weighted by Crippen LogP contribution is 2.37. The fraction of sp³-hybridized carbons (Fsp3) is 0.375. The van der Waals surface area contributed by atoms with Crippen molar-refractivity contribution in [2.45, 2.75) is 19.0 Å². The van der Waals surface area contributed by atoms with E-state index in [1.807, 2.05) is 18.2 Å². The number of rotatable bonds is 4. The normalized spacial score (nSPS) is 21.7. The van der Waals surface area contributed by atoms with E-state index in [1.54, 1.807) is 4.90 Å². The predicted octanol–water partition coefficient (Wildman–Crippen LogP) is 1.99. The molecule has 2 amide bonds. The first kappa shape index (κ1) is 24.3. The van der Waals surface area contributed by atoms with Crippen LogP contribution in [-0.2, 0) is 27.9 Å². The van der Waals surface area contributed by atoms with Gasteiger partial charge in [0.2, 0.25) is 0 Å². The number of amides is 2. The molecule has 0 aliphatic carbocycles. The summed E-state index contributed by atoms with van der Waals surface area (Å²) in [5, 5.41) is 13.2. The number of benzene rings is 2. The highest BCUT2D eigenvalue weighted by Gasteiger charge is 2.35. The summed E-state index contributed by atoms with van der Waals surface area (Å²) in [6, 6.07) is 9.57. The van der Waals surface area contributed by atoms with Crippen molar-refractivity contribution in [2.24, 2.45) is 0 Å². The molecule has 0 spiro atoms. The first-order chi connectivity index (χ1) is 17.2. The van der Waals surface area contributed by atoms with Crippen LogP contribution < -0.4 is 14.3 Å². The van der Waals surface area contributed by atoms with E-state index >= 15 is 4.39 Å². The average Bonchev–Trinajstić information content (AvgIpc) is 3.10. The van der Waals surface area contributed by atoms with Gasteiger partial charge in [0, 0.05) is 43.6 Å². The smallest absolute Gasteiger partial charge is 0.324 e. The summed E-state index contributed by atoms with van der Waals surface area (Å²) in [6.45, 7) is 7.27. The zero-order valence-corrected chi connectivity index (χ0v) is 20.4. The molecule has 3 heterocycles. The number of halogens is 1. The van der Waals surface area contributed by atoms with Gasteiger partial charge in [0.25, 0.3) is 0 Å². The van der Waals surface area contributed by atoms with Gasteiger partial charge in [0.05, 0.1) is 25.8 Å². The topological polar surface area (TPSA) is 114 Å². The minimum absolute atomic E-state index is 0.0195. The molecule has 0 aromatic heterocycles. The number of nitrogens with one attached hydrogen (secondary N) is 2. The second-order valence-corrected chi connectivity index (χ2v) is 10.7. The zero-order chi connectivity index (χ0) is 25.4. The maximum Gasteiger partial charge on any atom is 0.324 e. The van der Waals surface area contributed by atoms with Crippen molar-refractivity contribution in [2.75, 3.05) is 49.0 Å². The number of hydrogen-bond donors (Lipinski definition) is 3. The molecule has 192 valence electrons. The highest BCUT2D eigenvalue weighted by molar-refractivity contribution is 7.91. The van der Waals surface area contributed by atoms with Crippen LogP contribution in [0.15, 0.2) is 48.7 Å². The molecule has 12 heteroatoms. The molecule has 0 bridgehead atoms. The molecule has 2 fully saturated rings. The molecule has 3 aliphatic heterocycles. The van der Waals surface area contributed by atoms with Gasteiger partial charge in [-0.3, -0.25) is 9.62 Å². The van der Waals surface area contributed by atoms with Crippen LogP contribution in [-0.4, -0.2) is 74.8 Å². The van der Waals surface area contributed by atoms with E-state index in [1.165, 1.54) is 5.56 Å². The van der Waals surface area contributed by atoms with E-state index in [9.17, 15) is 18.3 Å². The number of fused-ring (bicyclic) bond motifs is 1. The Hall–Kier alpha value is -3.35. The molecule has 0 radical (unpaired) electrons. The Kier molecular flexibility index (Phi) is 6.49. The number of aromatic hydroxyl groups is 1. The van der Waals surface area contributed by atoms with Gasteiger partial charge in [0.15, 0.2) is 5.82 Å². The number of carbonyl (C=O) groups excluding carboxylic acids is 1. The number of nitrogens with zero attached hydrogens (tertiary/aromatic N) is 3. The molecule has 0 saturated carbocycles. The molecule has 3 aliphatic rings. The van der Waals surface area contributed by atoms with Crippen LogP contribution >= 0.6 is 0 Å². The van der Waals surface area contributed by atoms with E-state index < -0.39 is 33.5 Å². The maximum atomic E-state index is 15.0. The van der Waals surface area contributed by atoms with Gasteiger partial charge in [-0.25, -0.2) is 13.5 Å². The Morgan fingerprint density at radius 3 is 2.58 bits per heavy atom. The third-order valence-corrected chi connectivity index (χ3v) is 8.07. The highest BCUT2D eigenvalue weighted by atomic mass is 32.2. The largest absolute Gasteiger partial charge is 0.506 e. The predicted molar refractivity (Wildman–Crippen MR) is 132 cm³/mol. The number of anilines is 2. The standard InChI is InChI=1S/C24H28FN5O5S/c1-16-13-30(36(33,34)27-16)23-21(25)11-19(12-22(23)31)26-24(32)29-14-18-5-3-2-4-17(18)10-20(29)15-28-6-8-35-9-7-28/h2-5,11-12,20,27,31H,1,6-10,13-15H2,(H,26,32)/t20-/m0/s1. The number of hydrogen-bond acceptors (Lipinski definition) is 6. The fourth-order valence-electron chi connectivity index (χ4n) is 4.90. The number of morpholine rings is 1. The first-order valence-electron chi connectivity index (χ1n) is 11.7. The van der Waals surface area contributed by atoms with Crippen LogP contribution in [0.2, 0.25) is 0 Å². The Bertz CT molecular complexity index is 1270. The SMILES string of the molecule is C=C1CN(c2c(O)cc(NC(=O)N3Cc4ccccc4C[C@H]3CN3CCOCC3)cc2F)S(=O)(=O)N1. The van der Waals surface area contributed by atoms with Crippen molar-refractivity contribution in [3.05, 3.63) is 65.6 Å². The monoisotopic (exact) mass is 517 g/mol. The van der Waals surface area contributed by atoms with Gasteiger partial charge in [0.1, 0.15) is 11.4 Å². The van der Waals surface area contributed by atoms with Crippen LogP contribution in [0.4, 0.5) is 20.6 Å². The summed E-state index contributed by atoms with van der Waals surface area (Å²) in [5.41, 5.74) is 1.90. The molecule has 2 aromatic carbocycles. The summed E-state index contributed by atoms with van der Waals surface area (Å²) in [4.78, 5) is 17.4. The van der Waals surface area contributed by atoms with Crippen LogP contribution in [0.5, 0.6) is 5.75 Å². The van der Waals surface area contributed by atoms with Crippen molar-refractivity contribution in [3.63, 3.8) is 0 Å². The zero-order valence-electron chi connectivity index (χ0n) is 19.6. The van der Waals surface area contributed by atoms with Crippen molar-refractivity contribution in [1.82, 2.24) is 14.5 Å². The van der Waals surface area contributed by atoms with Gasteiger partial charge in [-0.15, -0.1) is 0 Å². The Morgan fingerprint density at radius 2 is 1.92 bits per heavy atom. The fourth-order valence-corrected chi connectivity index (χ4v) is 6.18. The maximum absolute atomic E-state index is 15.0. The van der Waals surface area contributed by atoms with Crippen LogP contribution in [0.1, 0.15) is 11.1 Å². The van der Waals surface area contributed by atoms with Gasteiger partial charge < -0.3 is 20.1 Å². The lowest BCUT2D eigenvalue weighted by atomic mass is 9.94. The van der Waals surface area contributed by atoms with Gasteiger partial charge in [-0.05, 0) is 23.6 Å². The number of carbonyl (C=O) groups is 1. The second-order valence-electron chi connectivity index (χ2n) is 9.14. The second kappa shape index (κ2) is 9.60. The summed E-state index contributed by atoms with van der Waals surface area (Å²) in [7, 11) is -4.06. The number of phenols is 1. The third kappa shape index (κ3) is 4.84. The number of ether oxygens (including phenoxy) is 1. The Morgan fingerprint density at radius 1 is 1.19 bits per heavy atom. The van der Waals surface area contributed by atoms with Crippen LogP contribution in [0, 0.1) is 5.82 Å². The Balaban J connectivity index is 1.37. The molecule has 1 atom stereocenters. The third-order valence-electron chi connectivity index (χ3n) is 6.63. The lowest BCUT2D eigenvalue weighted by Crippen LogP contribution is -2.53. The Labute approximate surface area is 209 Å². The van der Waals surface area contributed by atoms with E-state index in [4.69, 9.17) is 4.74 Å². The molecule has 2 saturated heterocycles. The molecule has 36 heavy (non-hydrogen) atoms. The van der Waals surface area contributed by atoms with Crippen LogP contribution in [0.3, 0.4) is 0 Å². The van der Waals surface area contributed by atoms with Crippen molar-refractivity contribution in [3.8, 4) is 5.75 Å². The van der Waals surface area contributed by atoms with Gasteiger partial charge in [-0.2, -0.15) is 8.42 Å². The lowest BCUT2D eigenvalue weighted by molar-refractivity contribution is 0.0250. The summed E-state index contributed by atoms with van der Waals surface area (Å²) in [6.07, 6.45) is 0.684. The lowest BCUT2D eigenvalue weighted by Gasteiger charge is -2.40. The van der Waals surface area contributed by atoms with E-state index in [0.29, 0.717) is 37.0 Å². The minimum Gasteiger partial charge on any atom is -0.506 e. The summed E-state index contributed by atoms with van der Waals surface area (Å²) >= 11 is 0. The van der Waals surface area contributed by atoms with Crippen molar-refractivity contribution in [1.29, 1.82) is 0 Å². The number of phenolic OH excluding ortho intramolecular Hbond substituents is 1. The van der Waals surface area contributed by atoms with Crippen molar-refractivity contribution >= 4 is 27.6 Å². The van der Waals surface area contributed by atoms with E-state index in [-0.39, 0.29) is 24.0 Å². The molecule has 3 N–H and O–H groups in total. The quantitative estimate of drug-likeness (QED) is 0.572. The first-order valence-corrected chi connectivity index (χ1v) is 13.1.